The standard InChI is InChI=1S/C48H34N2/c1-2-8-34(9-3-1)35-14-16-36(17-15-35)39-22-28-42(29-23-39)49-43-30-24-40(25-31-43)37-18-20-38(21-19-37)41-26-32-44(33-27-41)50-47-12-6-4-10-45(47)46-11-5-7-13-48(46)50/h1-33,49H. The number of fused-ring (bicyclic) bond motifs is 3. The second-order valence-corrected chi connectivity index (χ2v) is 12.7. The lowest BCUT2D eigenvalue weighted by molar-refractivity contribution is 1.18. The van der Waals surface area contributed by atoms with Crippen LogP contribution in [0.2, 0.25) is 0 Å². The van der Waals surface area contributed by atoms with E-state index in [0.717, 1.165) is 11.4 Å². The van der Waals surface area contributed by atoms with Gasteiger partial charge in [0.25, 0.3) is 0 Å². The number of nitrogens with zero attached hydrogens (tertiary/aromatic N) is 1. The van der Waals surface area contributed by atoms with Gasteiger partial charge in [0.2, 0.25) is 0 Å². The first-order valence-electron chi connectivity index (χ1n) is 17.1. The van der Waals surface area contributed by atoms with Crippen LogP contribution in [0.5, 0.6) is 0 Å². The Kier molecular flexibility index (Phi) is 7.53. The fourth-order valence-corrected chi connectivity index (χ4v) is 7.00. The smallest absolute Gasteiger partial charge is 0.0541 e. The van der Waals surface area contributed by atoms with Gasteiger partial charge in [0, 0.05) is 27.8 Å². The molecule has 1 aromatic heterocycles. The molecule has 0 aliphatic heterocycles. The van der Waals surface area contributed by atoms with Gasteiger partial charge in [0.05, 0.1) is 11.0 Å². The summed E-state index contributed by atoms with van der Waals surface area (Å²) in [5.41, 5.74) is 15.4. The Balaban J connectivity index is 0.870. The number of anilines is 2. The topological polar surface area (TPSA) is 17.0 Å². The predicted octanol–water partition coefficient (Wildman–Crippen LogP) is 13.2. The normalized spacial score (nSPS) is 11.2. The summed E-state index contributed by atoms with van der Waals surface area (Å²) in [6, 6.07) is 71.6. The largest absolute Gasteiger partial charge is 0.356 e. The van der Waals surface area contributed by atoms with Crippen molar-refractivity contribution >= 4 is 33.2 Å². The molecule has 8 aromatic carbocycles. The molecule has 0 fully saturated rings. The monoisotopic (exact) mass is 638 g/mol. The predicted molar refractivity (Wildman–Crippen MR) is 212 cm³/mol. The minimum absolute atomic E-state index is 1.06. The van der Waals surface area contributed by atoms with Crippen molar-refractivity contribution in [1.29, 1.82) is 0 Å². The average molecular weight is 639 g/mol. The van der Waals surface area contributed by atoms with Gasteiger partial charge in [-0.2, -0.15) is 0 Å². The summed E-state index contributed by atoms with van der Waals surface area (Å²) in [4.78, 5) is 0. The highest BCUT2D eigenvalue weighted by Crippen LogP contribution is 2.33. The maximum atomic E-state index is 3.55. The molecular weight excluding hydrogens is 605 g/mol. The molecule has 9 rings (SSSR count). The first-order valence-corrected chi connectivity index (χ1v) is 17.1. The fraction of sp³-hybridized carbons (Fsp3) is 0. The average Bonchev–Trinajstić information content (AvgIpc) is 3.54. The first kappa shape index (κ1) is 29.5. The van der Waals surface area contributed by atoms with Gasteiger partial charge >= 0.3 is 0 Å². The zero-order chi connectivity index (χ0) is 33.3. The van der Waals surface area contributed by atoms with Crippen LogP contribution in [-0.4, -0.2) is 4.57 Å². The molecule has 50 heavy (non-hydrogen) atoms. The number of aromatic nitrogens is 1. The van der Waals surface area contributed by atoms with Crippen LogP contribution < -0.4 is 5.32 Å². The summed E-state index contributed by atoms with van der Waals surface area (Å²) in [7, 11) is 0. The summed E-state index contributed by atoms with van der Waals surface area (Å²) in [6.07, 6.45) is 0. The molecule has 0 bridgehead atoms. The number of rotatable bonds is 7. The van der Waals surface area contributed by atoms with Gasteiger partial charge in [0.1, 0.15) is 0 Å². The van der Waals surface area contributed by atoms with Gasteiger partial charge in [-0.05, 0) is 93.0 Å². The van der Waals surface area contributed by atoms with E-state index in [9.17, 15) is 0 Å². The lowest BCUT2D eigenvalue weighted by atomic mass is 10.00. The lowest BCUT2D eigenvalue weighted by Crippen LogP contribution is -1.93. The Labute approximate surface area is 292 Å². The molecule has 0 atom stereocenters. The van der Waals surface area contributed by atoms with Gasteiger partial charge in [-0.3, -0.25) is 0 Å². The number of para-hydroxylation sites is 2. The molecule has 0 saturated carbocycles. The van der Waals surface area contributed by atoms with E-state index in [2.05, 4.69) is 210 Å². The van der Waals surface area contributed by atoms with Crippen molar-refractivity contribution < 1.29 is 0 Å². The summed E-state index contributed by atoms with van der Waals surface area (Å²) in [6.45, 7) is 0. The van der Waals surface area contributed by atoms with Crippen molar-refractivity contribution in [3.63, 3.8) is 0 Å². The number of hydrogen-bond acceptors (Lipinski definition) is 1. The van der Waals surface area contributed by atoms with Crippen LogP contribution in [0.15, 0.2) is 200 Å². The van der Waals surface area contributed by atoms with E-state index in [0.29, 0.717) is 0 Å². The Hall–Kier alpha value is -6.64. The van der Waals surface area contributed by atoms with Crippen molar-refractivity contribution in [1.82, 2.24) is 4.57 Å². The maximum absolute atomic E-state index is 3.55. The molecule has 2 nitrogen and oxygen atoms in total. The third kappa shape index (κ3) is 5.63. The van der Waals surface area contributed by atoms with Crippen molar-refractivity contribution in [2.45, 2.75) is 0 Å². The Bertz CT molecular complexity index is 2490. The second-order valence-electron chi connectivity index (χ2n) is 12.7. The van der Waals surface area contributed by atoms with E-state index in [-0.39, 0.29) is 0 Å². The molecule has 0 saturated heterocycles. The van der Waals surface area contributed by atoms with Crippen molar-refractivity contribution in [3.8, 4) is 50.2 Å². The summed E-state index contributed by atoms with van der Waals surface area (Å²) in [5.74, 6) is 0. The van der Waals surface area contributed by atoms with Crippen LogP contribution >= 0.6 is 0 Å². The van der Waals surface area contributed by atoms with E-state index in [1.54, 1.807) is 0 Å². The highest BCUT2D eigenvalue weighted by molar-refractivity contribution is 6.09. The highest BCUT2D eigenvalue weighted by atomic mass is 15.0. The van der Waals surface area contributed by atoms with Crippen LogP contribution in [0.4, 0.5) is 11.4 Å². The SMILES string of the molecule is c1ccc(-c2ccc(-c3ccc(Nc4ccc(-c5ccc(-c6ccc(-n7c8ccccc8c8ccccc87)cc6)cc5)cc4)cc3)cc2)cc1. The molecule has 0 spiro atoms. The summed E-state index contributed by atoms with van der Waals surface area (Å²) < 4.78 is 2.36. The molecule has 0 aliphatic rings. The quantitative estimate of drug-likeness (QED) is 0.184. The molecular formula is C48H34N2. The number of nitrogens with one attached hydrogen (secondary N) is 1. The minimum atomic E-state index is 1.06. The van der Waals surface area contributed by atoms with Crippen LogP contribution in [0.1, 0.15) is 0 Å². The molecule has 0 amide bonds. The maximum Gasteiger partial charge on any atom is 0.0541 e. The summed E-state index contributed by atoms with van der Waals surface area (Å²) >= 11 is 0. The van der Waals surface area contributed by atoms with Crippen molar-refractivity contribution in [3.05, 3.63) is 200 Å². The highest BCUT2D eigenvalue weighted by Gasteiger charge is 2.11. The molecule has 1 heterocycles. The third-order valence-electron chi connectivity index (χ3n) is 9.64. The zero-order valence-corrected chi connectivity index (χ0v) is 27.5. The van der Waals surface area contributed by atoms with E-state index < -0.39 is 0 Å². The zero-order valence-electron chi connectivity index (χ0n) is 27.5. The van der Waals surface area contributed by atoms with E-state index in [1.165, 1.54) is 72.0 Å². The van der Waals surface area contributed by atoms with Crippen LogP contribution in [-0.2, 0) is 0 Å². The molecule has 0 unspecified atom stereocenters. The Morgan fingerprint density at radius 3 is 0.960 bits per heavy atom. The Morgan fingerprint density at radius 1 is 0.260 bits per heavy atom. The van der Waals surface area contributed by atoms with Crippen LogP contribution in [0.3, 0.4) is 0 Å². The second kappa shape index (κ2) is 12.8. The molecule has 236 valence electrons. The summed E-state index contributed by atoms with van der Waals surface area (Å²) in [5, 5.41) is 6.11. The van der Waals surface area contributed by atoms with Crippen LogP contribution in [0.25, 0.3) is 72.0 Å². The van der Waals surface area contributed by atoms with Crippen LogP contribution in [0, 0.1) is 0 Å². The fourth-order valence-electron chi connectivity index (χ4n) is 7.00. The number of benzene rings is 8. The van der Waals surface area contributed by atoms with Gasteiger partial charge in [-0.1, -0.05) is 152 Å². The van der Waals surface area contributed by atoms with Gasteiger partial charge in [-0.25, -0.2) is 0 Å². The van der Waals surface area contributed by atoms with Gasteiger partial charge < -0.3 is 9.88 Å². The minimum Gasteiger partial charge on any atom is -0.356 e. The third-order valence-corrected chi connectivity index (χ3v) is 9.64. The van der Waals surface area contributed by atoms with Gasteiger partial charge in [-0.15, -0.1) is 0 Å². The molecule has 0 radical (unpaired) electrons. The lowest BCUT2D eigenvalue weighted by Gasteiger charge is -2.11. The van der Waals surface area contributed by atoms with Gasteiger partial charge in [0.15, 0.2) is 0 Å². The number of hydrogen-bond donors (Lipinski definition) is 1. The van der Waals surface area contributed by atoms with Crippen molar-refractivity contribution in [2.75, 3.05) is 5.32 Å². The van der Waals surface area contributed by atoms with E-state index in [1.807, 2.05) is 0 Å². The molecule has 2 heteroatoms. The first-order chi connectivity index (χ1) is 24.8. The molecule has 9 aromatic rings. The van der Waals surface area contributed by atoms with Crippen molar-refractivity contribution in [2.24, 2.45) is 0 Å². The Morgan fingerprint density at radius 2 is 0.560 bits per heavy atom. The molecule has 1 N–H and O–H groups in total. The van der Waals surface area contributed by atoms with E-state index >= 15 is 0 Å². The molecule has 0 aliphatic carbocycles. The van der Waals surface area contributed by atoms with E-state index in [4.69, 9.17) is 0 Å².